The van der Waals surface area contributed by atoms with Gasteiger partial charge in [0.25, 0.3) is 5.91 Å². The van der Waals surface area contributed by atoms with E-state index in [0.717, 1.165) is 25.6 Å². The van der Waals surface area contributed by atoms with Crippen LogP contribution in [0, 0.1) is 5.92 Å². The number of aromatic nitrogens is 1. The smallest absolute Gasteiger partial charge is 0.327 e. The van der Waals surface area contributed by atoms with Gasteiger partial charge in [-0.15, -0.1) is 12.4 Å². The molecule has 1 aromatic carbocycles. The van der Waals surface area contributed by atoms with Crippen LogP contribution in [0.2, 0.25) is 5.02 Å². The Bertz CT molecular complexity index is 1120. The van der Waals surface area contributed by atoms with Gasteiger partial charge < -0.3 is 20.4 Å². The van der Waals surface area contributed by atoms with Gasteiger partial charge in [0.15, 0.2) is 5.82 Å². The predicted molar refractivity (Wildman–Crippen MR) is 160 cm³/mol. The molecule has 2 N–H and O–H groups in total. The zero-order valence-electron chi connectivity index (χ0n) is 22.5. The Kier molecular flexibility index (Phi) is 10.9. The Hall–Kier alpha value is -2.39. The Morgan fingerprint density at radius 1 is 1.03 bits per heavy atom. The molecule has 0 spiro atoms. The van der Waals surface area contributed by atoms with Crippen molar-refractivity contribution in [3.05, 3.63) is 47.1 Å². The minimum absolute atomic E-state index is 0. The number of fused-ring (bicyclic) bond motifs is 2. The fourth-order valence-electron chi connectivity index (χ4n) is 5.91. The average molecular weight is 576 g/mol. The van der Waals surface area contributed by atoms with E-state index in [-0.39, 0.29) is 24.3 Å². The van der Waals surface area contributed by atoms with Crippen molar-refractivity contribution in [2.45, 2.75) is 51.4 Å². The largest absolute Gasteiger partial charge is 0.336 e. The third-order valence-corrected chi connectivity index (χ3v) is 8.33. The van der Waals surface area contributed by atoms with E-state index in [1.807, 2.05) is 0 Å². The molecule has 3 aliphatic rings. The summed E-state index contributed by atoms with van der Waals surface area (Å²) < 4.78 is 0. The van der Waals surface area contributed by atoms with E-state index < -0.39 is 0 Å². The number of rotatable bonds is 8. The summed E-state index contributed by atoms with van der Waals surface area (Å²) in [5, 5.41) is 6.35. The number of nitrogens with one attached hydrogen (secondary N) is 2. The van der Waals surface area contributed by atoms with Gasteiger partial charge in [0.1, 0.15) is 0 Å². The number of unbranched alkanes of at least 4 members (excludes halogenated alkanes) is 1. The van der Waals surface area contributed by atoms with Crippen LogP contribution in [-0.4, -0.2) is 72.5 Å². The van der Waals surface area contributed by atoms with Crippen LogP contribution in [0.5, 0.6) is 0 Å². The first kappa shape index (κ1) is 29.6. The first-order valence-electron chi connectivity index (χ1n) is 14.2. The lowest BCUT2D eigenvalue weighted by Crippen LogP contribution is -2.43. The highest BCUT2D eigenvalue weighted by molar-refractivity contribution is 6.31. The number of halogens is 2. The quantitative estimate of drug-likeness (QED) is 0.381. The van der Waals surface area contributed by atoms with Crippen molar-refractivity contribution in [3.8, 4) is 0 Å². The summed E-state index contributed by atoms with van der Waals surface area (Å²) in [6.45, 7) is 7.35. The summed E-state index contributed by atoms with van der Waals surface area (Å²) in [6.07, 6.45) is 12.2. The van der Waals surface area contributed by atoms with E-state index in [0.29, 0.717) is 34.3 Å². The van der Waals surface area contributed by atoms with Gasteiger partial charge in [-0.1, -0.05) is 30.9 Å². The highest BCUT2D eigenvalue weighted by Crippen LogP contribution is 2.37. The van der Waals surface area contributed by atoms with Crippen LogP contribution in [-0.2, 0) is 0 Å². The summed E-state index contributed by atoms with van der Waals surface area (Å²) in [5.41, 5.74) is 1.28. The zero-order chi connectivity index (χ0) is 26.3. The van der Waals surface area contributed by atoms with Gasteiger partial charge in [0.05, 0.1) is 16.9 Å². The molecule has 0 atom stereocenters. The number of nitrogens with zero attached hydrogens (tertiary/aromatic N) is 4. The van der Waals surface area contributed by atoms with Gasteiger partial charge in [-0.3, -0.25) is 4.79 Å². The number of piperidine rings is 2. The highest BCUT2D eigenvalue weighted by atomic mass is 35.5. The maximum atomic E-state index is 13.4. The van der Waals surface area contributed by atoms with Crippen molar-refractivity contribution in [1.29, 1.82) is 0 Å². The van der Waals surface area contributed by atoms with E-state index in [9.17, 15) is 9.59 Å². The normalized spacial score (nSPS) is 18.4. The second kappa shape index (κ2) is 14.3. The molecule has 4 heterocycles. The van der Waals surface area contributed by atoms with Crippen molar-refractivity contribution < 1.29 is 9.59 Å². The molecule has 2 saturated heterocycles. The first-order chi connectivity index (χ1) is 18.6. The minimum Gasteiger partial charge on any atom is -0.336 e. The molecule has 8 nitrogen and oxygen atoms in total. The van der Waals surface area contributed by atoms with Gasteiger partial charge in [-0.05, 0) is 101 Å². The molecule has 10 heteroatoms. The molecule has 0 aliphatic carbocycles. The molecule has 2 aromatic rings. The molecule has 0 radical (unpaired) electrons. The van der Waals surface area contributed by atoms with Crippen molar-refractivity contribution in [3.63, 3.8) is 0 Å². The Labute approximate surface area is 242 Å². The SMILES string of the molecule is Cl.O=C1Nc2cccnc2N(C(=O)NCCN2CCC(CCCCN3CCCCC3)CC2)c2cc(Cl)ccc21. The zero-order valence-corrected chi connectivity index (χ0v) is 24.1. The van der Waals surface area contributed by atoms with Gasteiger partial charge in [0, 0.05) is 24.3 Å². The number of carbonyl (C=O) groups is 2. The molecule has 0 bridgehead atoms. The lowest BCUT2D eigenvalue weighted by atomic mass is 9.91. The number of hydrogen-bond acceptors (Lipinski definition) is 5. The lowest BCUT2D eigenvalue weighted by Gasteiger charge is -2.32. The van der Waals surface area contributed by atoms with E-state index in [2.05, 4.69) is 25.4 Å². The number of amides is 3. The first-order valence-corrected chi connectivity index (χ1v) is 14.5. The molecule has 3 aliphatic heterocycles. The minimum atomic E-state index is -0.325. The van der Waals surface area contributed by atoms with E-state index in [1.54, 1.807) is 36.5 Å². The van der Waals surface area contributed by atoms with Crippen LogP contribution < -0.4 is 15.5 Å². The number of carbonyl (C=O) groups excluding carboxylic acids is 2. The Morgan fingerprint density at radius 3 is 2.59 bits per heavy atom. The van der Waals surface area contributed by atoms with Crippen LogP contribution in [0.1, 0.15) is 61.7 Å². The van der Waals surface area contributed by atoms with Crippen molar-refractivity contribution in [2.75, 3.05) is 56.0 Å². The number of pyridine rings is 1. The van der Waals surface area contributed by atoms with Crippen molar-refractivity contribution in [1.82, 2.24) is 20.1 Å². The summed E-state index contributed by atoms with van der Waals surface area (Å²) in [6, 6.07) is 8.07. The molecule has 5 rings (SSSR count). The van der Waals surface area contributed by atoms with Gasteiger partial charge in [0.2, 0.25) is 0 Å². The summed E-state index contributed by atoms with van der Waals surface area (Å²) in [4.78, 5) is 37.2. The van der Waals surface area contributed by atoms with Gasteiger partial charge in [-0.25, -0.2) is 14.7 Å². The molecule has 1 aromatic heterocycles. The van der Waals surface area contributed by atoms with Gasteiger partial charge in [-0.2, -0.15) is 0 Å². The number of urea groups is 1. The second-order valence-corrected chi connectivity index (χ2v) is 11.2. The van der Waals surface area contributed by atoms with Crippen LogP contribution in [0.3, 0.4) is 0 Å². The van der Waals surface area contributed by atoms with Crippen LogP contribution in [0.15, 0.2) is 36.5 Å². The van der Waals surface area contributed by atoms with E-state index >= 15 is 0 Å². The number of benzene rings is 1. The maximum absolute atomic E-state index is 13.4. The standard InChI is InChI=1S/C29H39ClN6O2.ClH/c30-23-9-10-24-26(21-23)36(27-25(33-28(24)37)8-6-13-31-27)29(38)32-14-20-35-18-11-22(12-19-35)7-2-5-17-34-15-3-1-4-16-34;/h6,8-10,13,21-22H,1-5,7,11-12,14-20H2,(H,32,38)(H,33,37);1H. The second-order valence-electron chi connectivity index (χ2n) is 10.7. The number of likely N-dealkylation sites (tertiary alicyclic amines) is 2. The molecule has 39 heavy (non-hydrogen) atoms. The molecule has 2 fully saturated rings. The van der Waals surface area contributed by atoms with Gasteiger partial charge >= 0.3 is 6.03 Å². The van der Waals surface area contributed by atoms with Crippen LogP contribution in [0.25, 0.3) is 0 Å². The van der Waals surface area contributed by atoms with Crippen molar-refractivity contribution in [2.24, 2.45) is 5.92 Å². The average Bonchev–Trinajstić information content (AvgIpc) is 3.05. The topological polar surface area (TPSA) is 80.8 Å². The molecule has 3 amide bonds. The monoisotopic (exact) mass is 574 g/mol. The Morgan fingerprint density at radius 2 is 1.79 bits per heavy atom. The Balaban J connectivity index is 0.00000353. The predicted octanol–water partition coefficient (Wildman–Crippen LogP) is 5.94. The summed E-state index contributed by atoms with van der Waals surface area (Å²) in [7, 11) is 0. The fourth-order valence-corrected chi connectivity index (χ4v) is 6.08. The van der Waals surface area contributed by atoms with Crippen molar-refractivity contribution >= 4 is 53.1 Å². The summed E-state index contributed by atoms with van der Waals surface area (Å²) in [5.74, 6) is 0.907. The molecular weight excluding hydrogens is 535 g/mol. The summed E-state index contributed by atoms with van der Waals surface area (Å²) >= 11 is 6.25. The fraction of sp³-hybridized carbons (Fsp3) is 0.552. The molecule has 212 valence electrons. The van der Waals surface area contributed by atoms with E-state index in [4.69, 9.17) is 11.6 Å². The number of hydrogen-bond donors (Lipinski definition) is 2. The van der Waals surface area contributed by atoms with Crippen LogP contribution >= 0.6 is 24.0 Å². The van der Waals surface area contributed by atoms with Crippen LogP contribution in [0.4, 0.5) is 22.0 Å². The third kappa shape index (κ3) is 7.63. The molecule has 0 saturated carbocycles. The van der Waals surface area contributed by atoms with E-state index in [1.165, 1.54) is 75.9 Å². The lowest BCUT2D eigenvalue weighted by molar-refractivity contribution is 0.102. The molecule has 0 unspecified atom stereocenters. The third-order valence-electron chi connectivity index (χ3n) is 8.09. The molecular formula is C29H40Cl2N6O2. The maximum Gasteiger partial charge on any atom is 0.327 e. The number of anilines is 3. The highest BCUT2D eigenvalue weighted by Gasteiger charge is 2.31.